The molecule has 0 aliphatic heterocycles. The molecule has 1 aromatic carbocycles. The highest BCUT2D eigenvalue weighted by molar-refractivity contribution is 6.30. The third kappa shape index (κ3) is 1.74. The summed E-state index contributed by atoms with van der Waals surface area (Å²) in [6.45, 7) is 0. The largest absolute Gasteiger partial charge is 0.481 e. The number of aliphatic carboxylic acids is 1. The fraction of sp³-hybridized carbons (Fsp3) is 0.417. The standard InChI is InChI=1S/C12H13ClO2/c13-10-5-3-4-9(8-10)12(11(14)15)6-1-2-7-12/h3-5,8H,1-2,6-7H2,(H,14,15). The minimum atomic E-state index is -0.720. The van der Waals surface area contributed by atoms with E-state index in [1.165, 1.54) is 0 Å². The lowest BCUT2D eigenvalue weighted by molar-refractivity contribution is -0.143. The molecule has 0 atom stereocenters. The number of halogens is 1. The molecular formula is C12H13ClO2. The van der Waals surface area contributed by atoms with Gasteiger partial charge in [-0.2, -0.15) is 0 Å². The van der Waals surface area contributed by atoms with Crippen molar-refractivity contribution in [1.82, 2.24) is 0 Å². The van der Waals surface area contributed by atoms with Gasteiger partial charge in [0.2, 0.25) is 0 Å². The smallest absolute Gasteiger partial charge is 0.314 e. The number of rotatable bonds is 2. The van der Waals surface area contributed by atoms with E-state index in [-0.39, 0.29) is 0 Å². The Balaban J connectivity index is 2.45. The van der Waals surface area contributed by atoms with Gasteiger partial charge in [-0.15, -0.1) is 0 Å². The highest BCUT2D eigenvalue weighted by Gasteiger charge is 2.42. The summed E-state index contributed by atoms with van der Waals surface area (Å²) in [4.78, 5) is 11.4. The summed E-state index contributed by atoms with van der Waals surface area (Å²) in [6, 6.07) is 7.24. The first kappa shape index (κ1) is 10.5. The van der Waals surface area contributed by atoms with Gasteiger partial charge in [0.05, 0.1) is 5.41 Å². The van der Waals surface area contributed by atoms with Gasteiger partial charge in [0.25, 0.3) is 0 Å². The van der Waals surface area contributed by atoms with Crippen molar-refractivity contribution in [3.8, 4) is 0 Å². The molecule has 1 aliphatic carbocycles. The zero-order valence-electron chi connectivity index (χ0n) is 8.37. The second-order valence-corrected chi connectivity index (χ2v) is 4.54. The summed E-state index contributed by atoms with van der Waals surface area (Å²) < 4.78 is 0. The zero-order valence-corrected chi connectivity index (χ0v) is 9.13. The lowest BCUT2D eigenvalue weighted by atomic mass is 9.79. The van der Waals surface area contributed by atoms with E-state index in [0.717, 1.165) is 31.2 Å². The summed E-state index contributed by atoms with van der Waals surface area (Å²) >= 11 is 5.90. The van der Waals surface area contributed by atoms with E-state index in [2.05, 4.69) is 0 Å². The first-order chi connectivity index (χ1) is 7.15. The maximum Gasteiger partial charge on any atom is 0.314 e. The summed E-state index contributed by atoms with van der Waals surface area (Å²) in [7, 11) is 0. The van der Waals surface area contributed by atoms with Gasteiger partial charge in [0.15, 0.2) is 0 Å². The van der Waals surface area contributed by atoms with Crippen molar-refractivity contribution in [1.29, 1.82) is 0 Å². The Morgan fingerprint density at radius 3 is 2.53 bits per heavy atom. The Morgan fingerprint density at radius 1 is 1.33 bits per heavy atom. The number of carbonyl (C=O) groups is 1. The van der Waals surface area contributed by atoms with Crippen molar-refractivity contribution in [3.63, 3.8) is 0 Å². The van der Waals surface area contributed by atoms with Crippen LogP contribution in [0.3, 0.4) is 0 Å². The summed E-state index contributed by atoms with van der Waals surface area (Å²) in [5, 5.41) is 9.98. The summed E-state index contributed by atoms with van der Waals surface area (Å²) in [5.74, 6) is -0.720. The minimum Gasteiger partial charge on any atom is -0.481 e. The number of hydrogen-bond donors (Lipinski definition) is 1. The van der Waals surface area contributed by atoms with Crippen LogP contribution in [0.4, 0.5) is 0 Å². The van der Waals surface area contributed by atoms with E-state index >= 15 is 0 Å². The second-order valence-electron chi connectivity index (χ2n) is 4.10. The van der Waals surface area contributed by atoms with Crippen LogP contribution in [-0.4, -0.2) is 11.1 Å². The molecule has 1 fully saturated rings. The topological polar surface area (TPSA) is 37.3 Å². The molecule has 80 valence electrons. The quantitative estimate of drug-likeness (QED) is 0.838. The lowest BCUT2D eigenvalue weighted by Crippen LogP contribution is -2.32. The number of benzene rings is 1. The summed E-state index contributed by atoms with van der Waals surface area (Å²) in [6.07, 6.45) is 3.42. The molecule has 3 heteroatoms. The molecule has 2 rings (SSSR count). The van der Waals surface area contributed by atoms with E-state index in [1.54, 1.807) is 12.1 Å². The first-order valence-corrected chi connectivity index (χ1v) is 5.52. The average molecular weight is 225 g/mol. The van der Waals surface area contributed by atoms with Gasteiger partial charge in [0, 0.05) is 5.02 Å². The maximum atomic E-state index is 11.4. The Labute approximate surface area is 93.9 Å². The van der Waals surface area contributed by atoms with Gasteiger partial charge in [-0.3, -0.25) is 4.79 Å². The molecule has 1 N–H and O–H groups in total. The molecule has 0 heterocycles. The molecule has 1 aliphatic rings. The van der Waals surface area contributed by atoms with Crippen LogP contribution in [0.15, 0.2) is 24.3 Å². The average Bonchev–Trinajstić information content (AvgIpc) is 2.67. The van der Waals surface area contributed by atoms with Crippen LogP contribution >= 0.6 is 11.6 Å². The van der Waals surface area contributed by atoms with Crippen LogP contribution in [-0.2, 0) is 10.2 Å². The molecule has 0 bridgehead atoms. The predicted octanol–water partition coefficient (Wildman–Crippen LogP) is 3.24. The monoisotopic (exact) mass is 224 g/mol. The van der Waals surface area contributed by atoms with E-state index < -0.39 is 11.4 Å². The number of carboxylic acids is 1. The zero-order chi connectivity index (χ0) is 10.9. The fourth-order valence-electron chi connectivity index (χ4n) is 2.39. The third-order valence-corrected chi connectivity index (χ3v) is 3.48. The van der Waals surface area contributed by atoms with Crippen LogP contribution in [0.25, 0.3) is 0 Å². The van der Waals surface area contributed by atoms with Crippen LogP contribution in [0.2, 0.25) is 5.02 Å². The van der Waals surface area contributed by atoms with E-state index in [0.29, 0.717) is 5.02 Å². The van der Waals surface area contributed by atoms with Crippen LogP contribution in [0.5, 0.6) is 0 Å². The lowest BCUT2D eigenvalue weighted by Gasteiger charge is -2.24. The van der Waals surface area contributed by atoms with Gasteiger partial charge in [-0.25, -0.2) is 0 Å². The molecule has 15 heavy (non-hydrogen) atoms. The van der Waals surface area contributed by atoms with Gasteiger partial charge in [0.1, 0.15) is 0 Å². The van der Waals surface area contributed by atoms with Crippen LogP contribution in [0.1, 0.15) is 31.2 Å². The van der Waals surface area contributed by atoms with Gasteiger partial charge < -0.3 is 5.11 Å². The van der Waals surface area contributed by atoms with Crippen molar-refractivity contribution >= 4 is 17.6 Å². The number of carboxylic acid groups (broad SMARTS) is 1. The Morgan fingerprint density at radius 2 is 2.00 bits per heavy atom. The van der Waals surface area contributed by atoms with Crippen LogP contribution < -0.4 is 0 Å². The van der Waals surface area contributed by atoms with Crippen molar-refractivity contribution in [3.05, 3.63) is 34.9 Å². The Bertz CT molecular complexity index is 381. The molecular weight excluding hydrogens is 212 g/mol. The highest BCUT2D eigenvalue weighted by atomic mass is 35.5. The van der Waals surface area contributed by atoms with Crippen molar-refractivity contribution in [2.75, 3.05) is 0 Å². The van der Waals surface area contributed by atoms with Crippen molar-refractivity contribution < 1.29 is 9.90 Å². The molecule has 0 radical (unpaired) electrons. The van der Waals surface area contributed by atoms with Crippen molar-refractivity contribution in [2.24, 2.45) is 0 Å². The van der Waals surface area contributed by atoms with E-state index in [4.69, 9.17) is 11.6 Å². The van der Waals surface area contributed by atoms with Gasteiger partial charge in [-0.05, 0) is 30.5 Å². The molecule has 1 aromatic rings. The van der Waals surface area contributed by atoms with E-state index in [9.17, 15) is 9.90 Å². The fourth-order valence-corrected chi connectivity index (χ4v) is 2.58. The predicted molar refractivity (Wildman–Crippen MR) is 59.2 cm³/mol. The van der Waals surface area contributed by atoms with Crippen molar-refractivity contribution in [2.45, 2.75) is 31.1 Å². The SMILES string of the molecule is O=C(O)C1(c2cccc(Cl)c2)CCCC1. The number of hydrogen-bond acceptors (Lipinski definition) is 1. The second kappa shape index (κ2) is 3.86. The van der Waals surface area contributed by atoms with Crippen LogP contribution in [0, 0.1) is 0 Å². The normalized spacial score (nSPS) is 19.0. The minimum absolute atomic E-state index is 0.611. The van der Waals surface area contributed by atoms with E-state index in [1.807, 2.05) is 12.1 Å². The molecule has 0 aromatic heterocycles. The van der Waals surface area contributed by atoms with Gasteiger partial charge >= 0.3 is 5.97 Å². The molecule has 1 saturated carbocycles. The molecule has 0 spiro atoms. The Hall–Kier alpha value is -1.02. The maximum absolute atomic E-state index is 11.4. The third-order valence-electron chi connectivity index (χ3n) is 3.24. The molecule has 0 unspecified atom stereocenters. The Kier molecular flexibility index (Phi) is 2.70. The summed E-state index contributed by atoms with van der Waals surface area (Å²) in [5.41, 5.74) is 0.158. The molecule has 2 nitrogen and oxygen atoms in total. The first-order valence-electron chi connectivity index (χ1n) is 5.15. The molecule has 0 saturated heterocycles. The highest BCUT2D eigenvalue weighted by Crippen LogP contribution is 2.41. The van der Waals surface area contributed by atoms with Gasteiger partial charge in [-0.1, -0.05) is 36.6 Å². The molecule has 0 amide bonds.